The van der Waals surface area contributed by atoms with Gasteiger partial charge in [0.2, 0.25) is 0 Å². The molecule has 5 heteroatoms. The van der Waals surface area contributed by atoms with Gasteiger partial charge in [-0.3, -0.25) is 9.67 Å². The second kappa shape index (κ2) is 8.40. The van der Waals surface area contributed by atoms with Crippen LogP contribution in [0.2, 0.25) is 0 Å². The summed E-state index contributed by atoms with van der Waals surface area (Å²) in [6.45, 7) is 1.80. The summed E-state index contributed by atoms with van der Waals surface area (Å²) in [7, 11) is 1.96. The van der Waals surface area contributed by atoms with E-state index in [1.54, 1.807) is 12.4 Å². The van der Waals surface area contributed by atoms with Crippen LogP contribution in [0.1, 0.15) is 44.1 Å². The maximum absolute atomic E-state index is 10.0. The van der Waals surface area contributed by atoms with Gasteiger partial charge < -0.3 is 10.4 Å². The molecule has 24 heavy (non-hydrogen) atoms. The number of pyridine rings is 1. The molecule has 0 radical (unpaired) electrons. The molecule has 2 N–H and O–H groups in total. The molecular weight excluding hydrogens is 300 g/mol. The first kappa shape index (κ1) is 17.1. The number of rotatable bonds is 7. The lowest BCUT2D eigenvalue weighted by atomic mass is 9.83. The fourth-order valence-electron chi connectivity index (χ4n) is 3.66. The first-order valence-electron chi connectivity index (χ1n) is 9.06. The summed E-state index contributed by atoms with van der Waals surface area (Å²) < 4.78 is 1.87. The molecule has 1 aliphatic carbocycles. The first-order valence-corrected chi connectivity index (χ1v) is 9.06. The molecule has 1 aliphatic rings. The second-order valence-corrected chi connectivity index (χ2v) is 6.84. The van der Waals surface area contributed by atoms with Gasteiger partial charge in [-0.2, -0.15) is 5.10 Å². The second-order valence-electron chi connectivity index (χ2n) is 6.84. The molecule has 2 heterocycles. The number of hydrogen-bond donors (Lipinski definition) is 2. The molecule has 3 rings (SSSR count). The van der Waals surface area contributed by atoms with E-state index in [4.69, 9.17) is 0 Å². The van der Waals surface area contributed by atoms with Gasteiger partial charge in [0.1, 0.15) is 0 Å². The average molecular weight is 328 g/mol. The number of aliphatic hydroxyl groups excluding tert-OH is 1. The normalized spacial score (nSPS) is 21.1. The van der Waals surface area contributed by atoms with Gasteiger partial charge in [0.05, 0.1) is 11.8 Å². The van der Waals surface area contributed by atoms with Gasteiger partial charge in [-0.05, 0) is 50.3 Å². The van der Waals surface area contributed by atoms with E-state index in [1.807, 2.05) is 23.9 Å². The molecule has 1 fully saturated rings. The number of aliphatic hydroxyl groups is 1. The summed E-state index contributed by atoms with van der Waals surface area (Å²) >= 11 is 0. The highest BCUT2D eigenvalue weighted by Crippen LogP contribution is 2.27. The van der Waals surface area contributed by atoms with Crippen molar-refractivity contribution >= 4 is 0 Å². The van der Waals surface area contributed by atoms with Crippen molar-refractivity contribution in [3.8, 4) is 11.3 Å². The minimum atomic E-state index is -0.0737. The Morgan fingerprint density at radius 3 is 2.83 bits per heavy atom. The molecule has 0 bridgehead atoms. The van der Waals surface area contributed by atoms with Crippen molar-refractivity contribution in [1.82, 2.24) is 20.1 Å². The van der Waals surface area contributed by atoms with E-state index in [9.17, 15) is 5.11 Å². The van der Waals surface area contributed by atoms with E-state index in [2.05, 4.69) is 21.6 Å². The zero-order valence-electron chi connectivity index (χ0n) is 14.5. The Morgan fingerprint density at radius 2 is 2.04 bits per heavy atom. The van der Waals surface area contributed by atoms with Gasteiger partial charge >= 0.3 is 0 Å². The Bertz CT molecular complexity index is 626. The van der Waals surface area contributed by atoms with Crippen molar-refractivity contribution in [2.45, 2.75) is 51.2 Å². The van der Waals surface area contributed by atoms with Crippen LogP contribution in [-0.2, 0) is 13.6 Å². The molecule has 2 unspecified atom stereocenters. The monoisotopic (exact) mass is 328 g/mol. The van der Waals surface area contributed by atoms with Crippen molar-refractivity contribution in [2.24, 2.45) is 13.0 Å². The molecule has 0 amide bonds. The van der Waals surface area contributed by atoms with Gasteiger partial charge in [-0.1, -0.05) is 12.8 Å². The lowest BCUT2D eigenvalue weighted by Gasteiger charge is -2.27. The summed E-state index contributed by atoms with van der Waals surface area (Å²) in [5.74, 6) is 0.506. The van der Waals surface area contributed by atoms with E-state index in [0.717, 1.165) is 43.6 Å². The molecule has 1 saturated carbocycles. The zero-order valence-corrected chi connectivity index (χ0v) is 14.5. The predicted molar refractivity (Wildman–Crippen MR) is 95.3 cm³/mol. The molecule has 2 aromatic heterocycles. The largest absolute Gasteiger partial charge is 0.393 e. The van der Waals surface area contributed by atoms with Crippen LogP contribution >= 0.6 is 0 Å². The third-order valence-corrected chi connectivity index (χ3v) is 4.97. The fraction of sp³-hybridized carbons (Fsp3) is 0.579. The fourth-order valence-corrected chi connectivity index (χ4v) is 3.66. The van der Waals surface area contributed by atoms with Crippen LogP contribution in [0.3, 0.4) is 0 Å². The van der Waals surface area contributed by atoms with Gasteiger partial charge in [-0.15, -0.1) is 0 Å². The quantitative estimate of drug-likeness (QED) is 0.767. The van der Waals surface area contributed by atoms with E-state index in [-0.39, 0.29) is 6.10 Å². The number of aryl methyl sites for hydroxylation is 1. The first-order chi connectivity index (χ1) is 11.7. The lowest BCUT2D eigenvalue weighted by Crippen LogP contribution is -2.25. The Balaban J connectivity index is 1.47. The lowest BCUT2D eigenvalue weighted by molar-refractivity contribution is 0.0643. The van der Waals surface area contributed by atoms with Crippen LogP contribution in [0.15, 0.2) is 30.7 Å². The highest BCUT2D eigenvalue weighted by atomic mass is 16.3. The van der Waals surface area contributed by atoms with Crippen molar-refractivity contribution in [3.05, 3.63) is 36.3 Å². The van der Waals surface area contributed by atoms with E-state index >= 15 is 0 Å². The van der Waals surface area contributed by atoms with Crippen LogP contribution in [0.5, 0.6) is 0 Å². The number of nitrogens with one attached hydrogen (secondary N) is 1. The molecule has 5 nitrogen and oxygen atoms in total. The van der Waals surface area contributed by atoms with Gasteiger partial charge in [0, 0.05) is 43.3 Å². The van der Waals surface area contributed by atoms with Crippen molar-refractivity contribution in [3.63, 3.8) is 0 Å². The van der Waals surface area contributed by atoms with Gasteiger partial charge in [0.25, 0.3) is 0 Å². The molecular formula is C19H28N4O. The van der Waals surface area contributed by atoms with Crippen molar-refractivity contribution < 1.29 is 5.11 Å². The van der Waals surface area contributed by atoms with Crippen molar-refractivity contribution in [1.29, 1.82) is 0 Å². The summed E-state index contributed by atoms with van der Waals surface area (Å²) in [6, 6.07) is 3.99. The molecule has 2 aromatic rings. The highest BCUT2D eigenvalue weighted by molar-refractivity contribution is 5.61. The number of aromatic nitrogens is 3. The predicted octanol–water partition coefficient (Wildman–Crippen LogP) is 2.90. The summed E-state index contributed by atoms with van der Waals surface area (Å²) in [5, 5.41) is 18.1. The molecule has 0 saturated heterocycles. The Kier molecular flexibility index (Phi) is 5.99. The van der Waals surface area contributed by atoms with Crippen LogP contribution in [-0.4, -0.2) is 32.5 Å². The summed E-state index contributed by atoms with van der Waals surface area (Å²) in [5.41, 5.74) is 3.34. The zero-order chi connectivity index (χ0) is 16.8. The molecule has 0 aromatic carbocycles. The maximum Gasteiger partial charge on any atom is 0.0969 e. The number of nitrogens with zero attached hydrogens (tertiary/aromatic N) is 3. The van der Waals surface area contributed by atoms with Crippen molar-refractivity contribution in [2.75, 3.05) is 6.54 Å². The minimum Gasteiger partial charge on any atom is -0.393 e. The summed E-state index contributed by atoms with van der Waals surface area (Å²) in [6.07, 6.45) is 12.5. The van der Waals surface area contributed by atoms with Crippen LogP contribution in [0.4, 0.5) is 0 Å². The van der Waals surface area contributed by atoms with Gasteiger partial charge in [0.15, 0.2) is 0 Å². The van der Waals surface area contributed by atoms with E-state index in [1.165, 1.54) is 24.8 Å². The van der Waals surface area contributed by atoms with Crippen LogP contribution in [0, 0.1) is 5.92 Å². The average Bonchev–Trinajstić information content (AvgIpc) is 2.98. The Morgan fingerprint density at radius 1 is 1.25 bits per heavy atom. The standard InChI is InChI=1S/C19H28N4O/c1-23-14-17(19(22-23)16-8-11-20-12-9-16)13-21-10-4-6-15-5-2-3-7-18(15)24/h8-9,11-12,14-15,18,21,24H,2-7,10,13H2,1H3. The topological polar surface area (TPSA) is 63.0 Å². The Labute approximate surface area is 144 Å². The van der Waals surface area contributed by atoms with Crippen LogP contribution in [0.25, 0.3) is 11.3 Å². The molecule has 0 spiro atoms. The SMILES string of the molecule is Cn1cc(CNCCCC2CCCCC2O)c(-c2ccncc2)n1. The third kappa shape index (κ3) is 4.42. The molecule has 0 aliphatic heterocycles. The molecule has 2 atom stereocenters. The maximum atomic E-state index is 10.0. The van der Waals surface area contributed by atoms with E-state index in [0.29, 0.717) is 5.92 Å². The Hall–Kier alpha value is -1.72. The molecule has 130 valence electrons. The number of hydrogen-bond acceptors (Lipinski definition) is 4. The highest BCUT2D eigenvalue weighted by Gasteiger charge is 2.22. The smallest absolute Gasteiger partial charge is 0.0969 e. The van der Waals surface area contributed by atoms with Gasteiger partial charge in [-0.25, -0.2) is 0 Å². The van der Waals surface area contributed by atoms with E-state index < -0.39 is 0 Å². The summed E-state index contributed by atoms with van der Waals surface area (Å²) in [4.78, 5) is 4.07. The third-order valence-electron chi connectivity index (χ3n) is 4.97. The van der Waals surface area contributed by atoms with Crippen LogP contribution < -0.4 is 5.32 Å². The minimum absolute atomic E-state index is 0.0737.